The summed E-state index contributed by atoms with van der Waals surface area (Å²) in [5, 5.41) is 2.45. The Morgan fingerprint density at radius 1 is 1.38 bits per heavy atom. The Hall–Kier alpha value is -1.78. The van der Waals surface area contributed by atoms with E-state index in [1.54, 1.807) is 20.8 Å². The quantitative estimate of drug-likeness (QED) is 0.786. The van der Waals surface area contributed by atoms with E-state index >= 15 is 0 Å². The highest BCUT2D eigenvalue weighted by Crippen LogP contribution is 2.18. The number of hydrogen-bond acceptors (Lipinski definition) is 4. The van der Waals surface area contributed by atoms with E-state index in [0.29, 0.717) is 5.69 Å². The molecule has 0 radical (unpaired) electrons. The third-order valence-electron chi connectivity index (χ3n) is 1.62. The van der Waals surface area contributed by atoms with Gasteiger partial charge in [0.15, 0.2) is 11.5 Å². The van der Waals surface area contributed by atoms with Crippen molar-refractivity contribution in [3.8, 4) is 0 Å². The van der Waals surface area contributed by atoms with Gasteiger partial charge in [-0.3, -0.25) is 10.1 Å². The van der Waals surface area contributed by atoms with Crippen LogP contribution >= 0.6 is 0 Å². The van der Waals surface area contributed by atoms with Crippen LogP contribution in [0.1, 0.15) is 38.2 Å². The average molecular weight is 225 g/mol. The maximum atomic E-state index is 11.4. The number of ether oxygens (including phenoxy) is 1. The third kappa shape index (κ3) is 3.42. The number of Topliss-reactive ketones (excluding diaryl/α,β-unsaturated/α-hetero) is 1. The van der Waals surface area contributed by atoms with E-state index < -0.39 is 11.7 Å². The Bertz CT molecular complexity index is 400. The lowest BCUT2D eigenvalue weighted by Crippen LogP contribution is -2.27. The Morgan fingerprint density at radius 3 is 2.50 bits per heavy atom. The van der Waals surface area contributed by atoms with Crippen LogP contribution in [0.2, 0.25) is 0 Å². The van der Waals surface area contributed by atoms with Gasteiger partial charge < -0.3 is 9.15 Å². The summed E-state index contributed by atoms with van der Waals surface area (Å²) in [7, 11) is 0. The molecule has 0 unspecified atom stereocenters. The second-order valence-corrected chi connectivity index (χ2v) is 4.35. The molecule has 88 valence electrons. The molecule has 0 saturated carbocycles. The number of carbonyl (C=O) groups excluding carboxylic acids is 2. The molecule has 0 aromatic carbocycles. The molecular formula is C11H15NO4. The molecule has 0 aliphatic carbocycles. The summed E-state index contributed by atoms with van der Waals surface area (Å²) in [6, 6.07) is 1.50. The predicted octanol–water partition coefficient (Wildman–Crippen LogP) is 2.83. The number of hydrogen-bond donors (Lipinski definition) is 1. The first kappa shape index (κ1) is 12.3. The topological polar surface area (TPSA) is 68.5 Å². The van der Waals surface area contributed by atoms with Gasteiger partial charge in [0.2, 0.25) is 0 Å². The maximum absolute atomic E-state index is 11.4. The van der Waals surface area contributed by atoms with Gasteiger partial charge in [0.05, 0.1) is 12.0 Å². The number of furan rings is 1. The molecule has 1 heterocycles. The fraction of sp³-hybridized carbons (Fsp3) is 0.455. The molecule has 1 amide bonds. The summed E-state index contributed by atoms with van der Waals surface area (Å²) in [6.07, 6.45) is 0.722. The van der Waals surface area contributed by atoms with Crippen LogP contribution in [0.25, 0.3) is 0 Å². The van der Waals surface area contributed by atoms with Gasteiger partial charge in [-0.25, -0.2) is 4.79 Å². The normalized spacial score (nSPS) is 11.0. The number of anilines is 1. The summed E-state index contributed by atoms with van der Waals surface area (Å²) in [5.41, 5.74) is -0.258. The van der Waals surface area contributed by atoms with Gasteiger partial charge >= 0.3 is 6.09 Å². The van der Waals surface area contributed by atoms with Crippen LogP contribution in [0, 0.1) is 0 Å². The van der Waals surface area contributed by atoms with Crippen LogP contribution in [0.5, 0.6) is 0 Å². The first-order chi connectivity index (χ1) is 7.29. The van der Waals surface area contributed by atoms with E-state index in [2.05, 4.69) is 5.32 Å². The molecule has 5 heteroatoms. The van der Waals surface area contributed by atoms with Crippen molar-refractivity contribution in [1.82, 2.24) is 0 Å². The minimum Gasteiger partial charge on any atom is -0.459 e. The molecule has 0 spiro atoms. The molecular weight excluding hydrogens is 210 g/mol. The zero-order valence-corrected chi connectivity index (χ0v) is 9.79. The molecule has 0 atom stereocenters. The van der Waals surface area contributed by atoms with E-state index in [0.717, 1.165) is 0 Å². The molecule has 1 N–H and O–H groups in total. The van der Waals surface area contributed by atoms with Crippen molar-refractivity contribution < 1.29 is 18.7 Å². The second kappa shape index (κ2) is 4.38. The van der Waals surface area contributed by atoms with Gasteiger partial charge in [0, 0.05) is 13.0 Å². The molecule has 0 fully saturated rings. The first-order valence-electron chi connectivity index (χ1n) is 4.88. The number of amides is 1. The van der Waals surface area contributed by atoms with Crippen LogP contribution < -0.4 is 5.32 Å². The number of nitrogens with one attached hydrogen (secondary N) is 1. The van der Waals surface area contributed by atoms with Crippen LogP contribution in [0.4, 0.5) is 10.5 Å². The molecule has 0 aliphatic heterocycles. The number of ketones is 1. The Labute approximate surface area is 93.8 Å². The SMILES string of the molecule is CC(=O)c1occc1NC(=O)OC(C)(C)C. The smallest absolute Gasteiger partial charge is 0.412 e. The Balaban J connectivity index is 2.70. The molecule has 16 heavy (non-hydrogen) atoms. The molecule has 0 aliphatic rings. The van der Waals surface area contributed by atoms with E-state index in [1.807, 2.05) is 0 Å². The minimum absolute atomic E-state index is 0.117. The standard InChI is InChI=1S/C11H15NO4/c1-7(13)9-8(5-6-15-9)12-10(14)16-11(2,3)4/h5-6H,1-4H3,(H,12,14). The lowest BCUT2D eigenvalue weighted by Gasteiger charge is -2.19. The van der Waals surface area contributed by atoms with Gasteiger partial charge in [0.1, 0.15) is 5.60 Å². The van der Waals surface area contributed by atoms with Gasteiger partial charge in [0.25, 0.3) is 0 Å². The summed E-state index contributed by atoms with van der Waals surface area (Å²) >= 11 is 0. The van der Waals surface area contributed by atoms with Crippen molar-refractivity contribution in [3.05, 3.63) is 18.1 Å². The molecule has 0 saturated heterocycles. The lowest BCUT2D eigenvalue weighted by atomic mass is 10.2. The second-order valence-electron chi connectivity index (χ2n) is 4.35. The summed E-state index contributed by atoms with van der Waals surface area (Å²) in [5.74, 6) is -0.137. The highest BCUT2D eigenvalue weighted by atomic mass is 16.6. The summed E-state index contributed by atoms with van der Waals surface area (Å²) in [6.45, 7) is 6.63. The van der Waals surface area contributed by atoms with Crippen LogP contribution in [-0.4, -0.2) is 17.5 Å². The highest BCUT2D eigenvalue weighted by Gasteiger charge is 2.19. The van der Waals surface area contributed by atoms with Gasteiger partial charge in [-0.15, -0.1) is 0 Å². The zero-order chi connectivity index (χ0) is 12.3. The summed E-state index contributed by atoms with van der Waals surface area (Å²) in [4.78, 5) is 22.5. The largest absolute Gasteiger partial charge is 0.459 e. The number of carbonyl (C=O) groups is 2. The van der Waals surface area contributed by atoms with Crippen LogP contribution in [0.15, 0.2) is 16.7 Å². The molecule has 1 rings (SSSR count). The summed E-state index contributed by atoms with van der Waals surface area (Å²) < 4.78 is 9.98. The molecule has 5 nitrogen and oxygen atoms in total. The van der Waals surface area contributed by atoms with Crippen molar-refractivity contribution in [2.45, 2.75) is 33.3 Å². The average Bonchev–Trinajstić information content (AvgIpc) is 2.47. The molecule has 1 aromatic rings. The van der Waals surface area contributed by atoms with E-state index in [-0.39, 0.29) is 11.5 Å². The van der Waals surface area contributed by atoms with Crippen molar-refractivity contribution in [2.75, 3.05) is 5.32 Å². The van der Waals surface area contributed by atoms with Gasteiger partial charge in [-0.1, -0.05) is 0 Å². The Morgan fingerprint density at radius 2 is 2.00 bits per heavy atom. The zero-order valence-electron chi connectivity index (χ0n) is 9.79. The number of rotatable bonds is 2. The van der Waals surface area contributed by atoms with Gasteiger partial charge in [-0.05, 0) is 20.8 Å². The van der Waals surface area contributed by atoms with E-state index in [4.69, 9.17) is 9.15 Å². The monoisotopic (exact) mass is 225 g/mol. The third-order valence-corrected chi connectivity index (χ3v) is 1.62. The minimum atomic E-state index is -0.614. The van der Waals surface area contributed by atoms with Crippen molar-refractivity contribution in [3.63, 3.8) is 0 Å². The van der Waals surface area contributed by atoms with E-state index in [9.17, 15) is 9.59 Å². The fourth-order valence-electron chi connectivity index (χ4n) is 1.09. The predicted molar refractivity (Wildman–Crippen MR) is 58.6 cm³/mol. The maximum Gasteiger partial charge on any atom is 0.412 e. The van der Waals surface area contributed by atoms with Crippen LogP contribution in [-0.2, 0) is 4.74 Å². The van der Waals surface area contributed by atoms with E-state index in [1.165, 1.54) is 19.3 Å². The van der Waals surface area contributed by atoms with Crippen molar-refractivity contribution in [1.29, 1.82) is 0 Å². The van der Waals surface area contributed by atoms with Gasteiger partial charge in [-0.2, -0.15) is 0 Å². The van der Waals surface area contributed by atoms with Crippen molar-refractivity contribution >= 4 is 17.6 Å². The van der Waals surface area contributed by atoms with Crippen LogP contribution in [0.3, 0.4) is 0 Å². The Kier molecular flexibility index (Phi) is 3.37. The fourth-order valence-corrected chi connectivity index (χ4v) is 1.09. The van der Waals surface area contributed by atoms with Crippen molar-refractivity contribution in [2.24, 2.45) is 0 Å². The molecule has 0 bridgehead atoms. The first-order valence-corrected chi connectivity index (χ1v) is 4.88. The molecule has 1 aromatic heterocycles. The lowest BCUT2D eigenvalue weighted by molar-refractivity contribution is 0.0636. The highest BCUT2D eigenvalue weighted by molar-refractivity contribution is 6.00.